The molecular weight excluding hydrogens is 398 g/mol. The Bertz CT molecular complexity index is 1000. The van der Waals surface area contributed by atoms with Gasteiger partial charge in [-0.3, -0.25) is 0 Å². The van der Waals surface area contributed by atoms with Crippen LogP contribution >= 0.6 is 11.6 Å². The number of halogens is 1. The Kier molecular flexibility index (Phi) is 5.30. The van der Waals surface area contributed by atoms with E-state index in [0.717, 1.165) is 6.26 Å². The van der Waals surface area contributed by atoms with Crippen LogP contribution < -0.4 is 4.74 Å². The van der Waals surface area contributed by atoms with E-state index in [2.05, 4.69) is 0 Å². The monoisotopic (exact) mass is 415 g/mol. The highest BCUT2D eigenvalue weighted by molar-refractivity contribution is 7.91. The average Bonchev–Trinajstić information content (AvgIpc) is 3.09. The molecule has 6 nitrogen and oxygen atoms in total. The average molecular weight is 416 g/mol. The molecule has 0 bridgehead atoms. The van der Waals surface area contributed by atoms with Gasteiger partial charge in [-0.25, -0.2) is 16.8 Å². The number of ether oxygens (including phenoxy) is 1. The zero-order valence-electron chi connectivity index (χ0n) is 14.0. The van der Waals surface area contributed by atoms with Crippen molar-refractivity contribution in [3.05, 3.63) is 53.6 Å². The predicted molar refractivity (Wildman–Crippen MR) is 100.0 cm³/mol. The van der Waals surface area contributed by atoms with Gasteiger partial charge < -0.3 is 4.74 Å². The Labute approximate surface area is 158 Å². The van der Waals surface area contributed by atoms with Gasteiger partial charge in [-0.15, -0.1) is 0 Å². The van der Waals surface area contributed by atoms with Gasteiger partial charge in [-0.05, 0) is 42.8 Å². The molecule has 0 aliphatic carbocycles. The molecule has 140 valence electrons. The first-order valence-electron chi connectivity index (χ1n) is 7.89. The zero-order chi connectivity index (χ0) is 18.9. The number of para-hydroxylation sites is 1. The molecule has 0 N–H and O–H groups in total. The molecule has 1 saturated heterocycles. The lowest BCUT2D eigenvalue weighted by atomic mass is 10.3. The van der Waals surface area contributed by atoms with Crippen molar-refractivity contribution in [1.29, 1.82) is 0 Å². The van der Waals surface area contributed by atoms with Gasteiger partial charge >= 0.3 is 0 Å². The van der Waals surface area contributed by atoms with Crippen LogP contribution in [0.5, 0.6) is 11.5 Å². The highest BCUT2D eigenvalue weighted by atomic mass is 35.5. The van der Waals surface area contributed by atoms with E-state index in [1.54, 1.807) is 36.4 Å². The highest BCUT2D eigenvalue weighted by Gasteiger charge is 2.36. The van der Waals surface area contributed by atoms with Crippen LogP contribution in [0.2, 0.25) is 5.02 Å². The third-order valence-electron chi connectivity index (χ3n) is 4.24. The molecule has 0 radical (unpaired) electrons. The predicted octanol–water partition coefficient (Wildman–Crippen LogP) is 2.94. The third-order valence-corrected chi connectivity index (χ3v) is 8.03. The summed E-state index contributed by atoms with van der Waals surface area (Å²) < 4.78 is 55.5. The Balaban J connectivity index is 1.77. The number of sulfonamides is 1. The van der Waals surface area contributed by atoms with Crippen LogP contribution in [0.25, 0.3) is 0 Å². The van der Waals surface area contributed by atoms with Gasteiger partial charge in [-0.1, -0.05) is 23.7 Å². The minimum Gasteiger partial charge on any atom is -0.456 e. The quantitative estimate of drug-likeness (QED) is 0.749. The smallest absolute Gasteiger partial charge is 0.243 e. The fourth-order valence-electron chi connectivity index (χ4n) is 2.75. The summed E-state index contributed by atoms with van der Waals surface area (Å²) in [7, 11) is -7.00. The first kappa shape index (κ1) is 19.2. The van der Waals surface area contributed by atoms with Gasteiger partial charge in [0.25, 0.3) is 0 Å². The minimum absolute atomic E-state index is 0.0148. The third kappa shape index (κ3) is 4.03. The van der Waals surface area contributed by atoms with Gasteiger partial charge in [0.2, 0.25) is 10.0 Å². The molecule has 0 spiro atoms. The van der Waals surface area contributed by atoms with E-state index < -0.39 is 25.1 Å². The molecule has 26 heavy (non-hydrogen) atoms. The number of nitrogens with zero attached hydrogens (tertiary/aromatic N) is 1. The second kappa shape index (κ2) is 7.19. The van der Waals surface area contributed by atoms with Crippen molar-refractivity contribution < 1.29 is 21.6 Å². The Morgan fingerprint density at radius 1 is 1.04 bits per heavy atom. The van der Waals surface area contributed by atoms with Crippen molar-refractivity contribution in [2.75, 3.05) is 19.3 Å². The van der Waals surface area contributed by atoms with Gasteiger partial charge in [0, 0.05) is 19.3 Å². The Morgan fingerprint density at radius 3 is 2.27 bits per heavy atom. The van der Waals surface area contributed by atoms with E-state index in [9.17, 15) is 16.8 Å². The van der Waals surface area contributed by atoms with Crippen LogP contribution in [-0.2, 0) is 19.9 Å². The van der Waals surface area contributed by atoms with Gasteiger partial charge in [-0.2, -0.15) is 4.31 Å². The fraction of sp³-hybridized carbons (Fsp3) is 0.294. The molecule has 2 aromatic rings. The number of benzene rings is 2. The Morgan fingerprint density at radius 2 is 1.69 bits per heavy atom. The topological polar surface area (TPSA) is 80.8 Å². The van der Waals surface area contributed by atoms with Crippen LogP contribution in [0, 0.1) is 0 Å². The number of hydrogen-bond acceptors (Lipinski definition) is 5. The normalized spacial score (nSPS) is 18.8. The summed E-state index contributed by atoms with van der Waals surface area (Å²) in [6.45, 7) is 0.178. The van der Waals surface area contributed by atoms with Crippen molar-refractivity contribution in [3.8, 4) is 11.5 Å². The largest absolute Gasteiger partial charge is 0.456 e. The summed E-state index contributed by atoms with van der Waals surface area (Å²) in [6.07, 6.45) is 1.44. The van der Waals surface area contributed by atoms with Crippen LogP contribution in [-0.4, -0.2) is 45.7 Å². The van der Waals surface area contributed by atoms with E-state index in [-0.39, 0.29) is 18.0 Å². The summed E-state index contributed by atoms with van der Waals surface area (Å²) in [5.41, 5.74) is 0. The fourth-order valence-corrected chi connectivity index (χ4v) is 5.50. The minimum atomic E-state index is -3.74. The van der Waals surface area contributed by atoms with E-state index >= 15 is 0 Å². The molecule has 1 aliphatic rings. The summed E-state index contributed by atoms with van der Waals surface area (Å²) >= 11 is 6.04. The van der Waals surface area contributed by atoms with Crippen molar-refractivity contribution in [1.82, 2.24) is 4.31 Å². The first-order valence-corrected chi connectivity index (χ1v) is 11.7. The lowest BCUT2D eigenvalue weighted by molar-refractivity contribution is 0.474. The summed E-state index contributed by atoms with van der Waals surface area (Å²) in [4.78, 5) is 0.0955. The second-order valence-electron chi connectivity index (χ2n) is 6.11. The van der Waals surface area contributed by atoms with Crippen molar-refractivity contribution in [2.45, 2.75) is 16.6 Å². The van der Waals surface area contributed by atoms with E-state index in [0.29, 0.717) is 22.9 Å². The second-order valence-corrected chi connectivity index (χ2v) is 10.8. The van der Waals surface area contributed by atoms with Crippen LogP contribution in [0.3, 0.4) is 0 Å². The molecule has 2 aromatic carbocycles. The highest BCUT2D eigenvalue weighted by Crippen LogP contribution is 2.30. The maximum absolute atomic E-state index is 12.7. The van der Waals surface area contributed by atoms with E-state index in [1.165, 1.54) is 16.4 Å². The number of hydrogen-bond donors (Lipinski definition) is 0. The molecule has 1 fully saturated rings. The lowest BCUT2D eigenvalue weighted by Crippen LogP contribution is -2.31. The Hall–Kier alpha value is -1.61. The van der Waals surface area contributed by atoms with Crippen molar-refractivity contribution in [2.24, 2.45) is 0 Å². The molecular formula is C17H18ClNO5S2. The van der Waals surface area contributed by atoms with Crippen LogP contribution in [0.1, 0.15) is 6.42 Å². The molecule has 0 amide bonds. The molecule has 1 heterocycles. The molecule has 0 aromatic heterocycles. The van der Waals surface area contributed by atoms with E-state index in [4.69, 9.17) is 16.3 Å². The molecule has 9 heteroatoms. The molecule has 1 aliphatic heterocycles. The lowest BCUT2D eigenvalue weighted by Gasteiger charge is -2.16. The van der Waals surface area contributed by atoms with E-state index in [1.807, 2.05) is 0 Å². The van der Waals surface area contributed by atoms with Gasteiger partial charge in [0.05, 0.1) is 15.2 Å². The van der Waals surface area contributed by atoms with Gasteiger partial charge in [0.1, 0.15) is 11.5 Å². The SMILES string of the molecule is CS(=O)(=O)C1CCN(S(=O)(=O)c2ccc(Oc3ccccc3Cl)cc2)C1. The van der Waals surface area contributed by atoms with Crippen LogP contribution in [0.15, 0.2) is 53.4 Å². The maximum Gasteiger partial charge on any atom is 0.243 e. The van der Waals surface area contributed by atoms with Crippen molar-refractivity contribution >= 4 is 31.5 Å². The summed E-state index contributed by atoms with van der Waals surface area (Å²) in [5.74, 6) is 0.924. The summed E-state index contributed by atoms with van der Waals surface area (Å²) in [5, 5.41) is -0.201. The number of sulfone groups is 1. The van der Waals surface area contributed by atoms with Crippen LogP contribution in [0.4, 0.5) is 0 Å². The van der Waals surface area contributed by atoms with Gasteiger partial charge in [0.15, 0.2) is 9.84 Å². The standard InChI is InChI=1S/C17H18ClNO5S2/c1-25(20,21)15-10-11-19(12-15)26(22,23)14-8-6-13(7-9-14)24-17-5-3-2-4-16(17)18/h2-9,15H,10-12H2,1H3. The number of rotatable bonds is 5. The molecule has 1 unspecified atom stereocenters. The first-order chi connectivity index (χ1) is 12.2. The molecule has 3 rings (SSSR count). The summed E-state index contributed by atoms with van der Waals surface area (Å²) in [6, 6.07) is 12.9. The maximum atomic E-state index is 12.7. The van der Waals surface area contributed by atoms with Crippen molar-refractivity contribution in [3.63, 3.8) is 0 Å². The molecule has 0 saturated carbocycles. The molecule has 1 atom stereocenters. The zero-order valence-corrected chi connectivity index (χ0v) is 16.4.